The van der Waals surface area contributed by atoms with Crippen LogP contribution in [0, 0.1) is 0 Å². The molecule has 0 aromatic heterocycles. The zero-order valence-corrected chi connectivity index (χ0v) is 22.1. The van der Waals surface area contributed by atoms with Gasteiger partial charge < -0.3 is 19.3 Å². The van der Waals surface area contributed by atoms with E-state index >= 15 is 0 Å². The number of hydrogen-bond acceptors (Lipinski definition) is 6. The minimum absolute atomic E-state index is 0.173. The fourth-order valence-corrected chi connectivity index (χ4v) is 4.30. The number of rotatable bonds is 15. The fourth-order valence-electron chi connectivity index (χ4n) is 4.30. The summed E-state index contributed by atoms with van der Waals surface area (Å²) < 4.78 is 9.78. The van der Waals surface area contributed by atoms with E-state index in [1.54, 1.807) is 0 Å². The van der Waals surface area contributed by atoms with Crippen molar-refractivity contribution >= 4 is 17.8 Å². The number of likely N-dealkylation sites (tertiary alicyclic amines) is 2. The number of carbonyl (C=O) groups is 3. The minimum Gasteiger partial charge on any atom is -0.466 e. The van der Waals surface area contributed by atoms with E-state index in [1.807, 2.05) is 4.90 Å². The predicted molar refractivity (Wildman–Crippen MR) is 140 cm³/mol. The highest BCUT2D eigenvalue weighted by atomic mass is 16.5. The van der Waals surface area contributed by atoms with Crippen molar-refractivity contribution in [3.63, 3.8) is 0 Å². The van der Waals surface area contributed by atoms with Crippen molar-refractivity contribution in [3.8, 4) is 0 Å². The van der Waals surface area contributed by atoms with Crippen molar-refractivity contribution < 1.29 is 23.9 Å². The van der Waals surface area contributed by atoms with Crippen molar-refractivity contribution in [1.82, 2.24) is 9.80 Å². The van der Waals surface area contributed by atoms with E-state index in [9.17, 15) is 14.4 Å². The molecule has 0 saturated carbocycles. The number of carbonyl (C=O) groups excluding carboxylic acids is 3. The molecule has 2 saturated heterocycles. The molecular weight excluding hydrogens is 444 g/mol. The molecule has 0 radical (unpaired) electrons. The number of ether oxygens (including phenoxy) is 2. The van der Waals surface area contributed by atoms with Crippen LogP contribution in [0.25, 0.3) is 0 Å². The Morgan fingerprint density at radius 1 is 0.800 bits per heavy atom. The third-order valence-corrected chi connectivity index (χ3v) is 6.37. The molecule has 2 rings (SSSR count). The largest absolute Gasteiger partial charge is 0.466 e. The second kappa shape index (κ2) is 19.9. The van der Waals surface area contributed by atoms with Crippen LogP contribution in [-0.2, 0) is 23.9 Å². The lowest BCUT2D eigenvalue weighted by molar-refractivity contribution is -0.141. The molecule has 0 atom stereocenters. The van der Waals surface area contributed by atoms with E-state index in [1.165, 1.54) is 57.3 Å². The van der Waals surface area contributed by atoms with Crippen LogP contribution in [0.3, 0.4) is 0 Å². The molecular formula is C28H48N2O5. The van der Waals surface area contributed by atoms with Crippen molar-refractivity contribution in [1.29, 1.82) is 0 Å². The Morgan fingerprint density at radius 3 is 2.00 bits per heavy atom. The summed E-state index contributed by atoms with van der Waals surface area (Å²) in [7, 11) is 0. The van der Waals surface area contributed by atoms with Gasteiger partial charge in [-0.05, 0) is 64.2 Å². The maximum Gasteiger partial charge on any atom is 0.330 e. The van der Waals surface area contributed by atoms with Gasteiger partial charge in [0.25, 0.3) is 0 Å². The molecule has 0 aliphatic carbocycles. The lowest BCUT2D eigenvalue weighted by atomic mass is 10.2. The van der Waals surface area contributed by atoms with Crippen molar-refractivity contribution in [3.05, 3.63) is 24.9 Å². The Kier molecular flexibility index (Phi) is 17.5. The summed E-state index contributed by atoms with van der Waals surface area (Å²) in [5.74, 6) is -0.207. The maximum atomic E-state index is 11.7. The van der Waals surface area contributed by atoms with Gasteiger partial charge in [0.15, 0.2) is 0 Å². The number of esters is 2. The smallest absolute Gasteiger partial charge is 0.330 e. The standard InChI is InChI=1S/C15H25NO3.C13H23NO2/c1-2-15(18)19-13-9-4-3-7-11-16-12-8-5-6-10-14(16)17;1-12-8-7-10-14(12)9-5-3-4-6-11-16-13(2)15/h2H,1,3-13H2;1,3-11H2,2H3. The van der Waals surface area contributed by atoms with Gasteiger partial charge in [0.1, 0.15) is 0 Å². The van der Waals surface area contributed by atoms with E-state index in [0.717, 1.165) is 77.4 Å². The number of hydrogen-bond donors (Lipinski definition) is 0. The van der Waals surface area contributed by atoms with Gasteiger partial charge >= 0.3 is 11.9 Å². The van der Waals surface area contributed by atoms with Crippen molar-refractivity contribution in [2.45, 2.75) is 96.8 Å². The van der Waals surface area contributed by atoms with Gasteiger partial charge in [0.2, 0.25) is 5.91 Å². The first-order chi connectivity index (χ1) is 16.9. The zero-order valence-electron chi connectivity index (χ0n) is 22.1. The molecule has 0 aromatic carbocycles. The van der Waals surface area contributed by atoms with Crippen molar-refractivity contribution in [2.75, 3.05) is 39.4 Å². The number of allylic oxidation sites excluding steroid dienone is 1. The molecule has 0 unspecified atom stereocenters. The average Bonchev–Trinajstić information content (AvgIpc) is 3.13. The van der Waals surface area contributed by atoms with Crippen LogP contribution in [0.15, 0.2) is 24.9 Å². The summed E-state index contributed by atoms with van der Waals surface area (Å²) in [6.45, 7) is 14.0. The fraction of sp³-hybridized carbons (Fsp3) is 0.750. The van der Waals surface area contributed by atoms with Crippen LogP contribution in [0.5, 0.6) is 0 Å². The van der Waals surface area contributed by atoms with E-state index in [2.05, 4.69) is 18.1 Å². The Labute approximate surface area is 212 Å². The van der Waals surface area contributed by atoms with Crippen LogP contribution in [0.2, 0.25) is 0 Å². The molecule has 7 nitrogen and oxygen atoms in total. The quantitative estimate of drug-likeness (QED) is 0.173. The highest BCUT2D eigenvalue weighted by Gasteiger charge is 2.15. The Bertz CT molecular complexity index is 649. The third kappa shape index (κ3) is 16.1. The first-order valence-electron chi connectivity index (χ1n) is 13.6. The first kappa shape index (κ1) is 30.7. The first-order valence-corrected chi connectivity index (χ1v) is 13.6. The Morgan fingerprint density at radius 2 is 1.40 bits per heavy atom. The second-order valence-corrected chi connectivity index (χ2v) is 9.39. The van der Waals surface area contributed by atoms with Gasteiger partial charge in [-0.25, -0.2) is 4.79 Å². The molecule has 200 valence electrons. The lowest BCUT2D eigenvalue weighted by Crippen LogP contribution is -2.31. The molecule has 35 heavy (non-hydrogen) atoms. The summed E-state index contributed by atoms with van der Waals surface area (Å²) in [6.07, 6.45) is 16.3. The Balaban J connectivity index is 0.000000355. The summed E-state index contributed by atoms with van der Waals surface area (Å²) in [6, 6.07) is 0. The predicted octanol–water partition coefficient (Wildman–Crippen LogP) is 5.40. The summed E-state index contributed by atoms with van der Waals surface area (Å²) >= 11 is 0. The van der Waals surface area contributed by atoms with Crippen LogP contribution < -0.4 is 0 Å². The molecule has 1 amide bonds. The van der Waals surface area contributed by atoms with E-state index in [4.69, 9.17) is 9.47 Å². The van der Waals surface area contributed by atoms with Crippen molar-refractivity contribution in [2.24, 2.45) is 0 Å². The minimum atomic E-state index is -0.352. The molecule has 2 fully saturated rings. The monoisotopic (exact) mass is 492 g/mol. The highest BCUT2D eigenvalue weighted by Crippen LogP contribution is 2.19. The molecule has 7 heteroatoms. The highest BCUT2D eigenvalue weighted by molar-refractivity contribution is 5.81. The molecule has 2 heterocycles. The number of unbranched alkanes of at least 4 members (excludes halogenated alkanes) is 6. The summed E-state index contributed by atoms with van der Waals surface area (Å²) in [4.78, 5) is 37.4. The average molecular weight is 493 g/mol. The number of nitrogens with zero attached hydrogens (tertiary/aromatic N) is 2. The zero-order chi connectivity index (χ0) is 25.7. The van der Waals surface area contributed by atoms with Crippen LogP contribution in [0.1, 0.15) is 96.8 Å². The number of amides is 1. The van der Waals surface area contributed by atoms with Gasteiger partial charge in [-0.15, -0.1) is 0 Å². The van der Waals surface area contributed by atoms with E-state index in [0.29, 0.717) is 19.1 Å². The van der Waals surface area contributed by atoms with Gasteiger partial charge in [0, 0.05) is 51.3 Å². The van der Waals surface area contributed by atoms with Gasteiger partial charge in [-0.2, -0.15) is 0 Å². The maximum absolute atomic E-state index is 11.7. The van der Waals surface area contributed by atoms with E-state index < -0.39 is 0 Å². The lowest BCUT2D eigenvalue weighted by Gasteiger charge is -2.20. The van der Waals surface area contributed by atoms with Gasteiger partial charge in [-0.3, -0.25) is 9.59 Å². The molecule has 2 aliphatic rings. The molecule has 0 spiro atoms. The van der Waals surface area contributed by atoms with Gasteiger partial charge in [-0.1, -0.05) is 32.4 Å². The van der Waals surface area contributed by atoms with E-state index in [-0.39, 0.29) is 11.9 Å². The molecule has 2 aliphatic heterocycles. The topological polar surface area (TPSA) is 76.2 Å². The molecule has 0 aromatic rings. The molecule has 0 N–H and O–H groups in total. The second-order valence-electron chi connectivity index (χ2n) is 9.39. The van der Waals surface area contributed by atoms with Crippen LogP contribution >= 0.6 is 0 Å². The van der Waals surface area contributed by atoms with Crippen LogP contribution in [0.4, 0.5) is 0 Å². The third-order valence-electron chi connectivity index (χ3n) is 6.37. The normalized spacial score (nSPS) is 15.8. The van der Waals surface area contributed by atoms with Crippen LogP contribution in [-0.4, -0.2) is 67.0 Å². The van der Waals surface area contributed by atoms with Gasteiger partial charge in [0.05, 0.1) is 13.2 Å². The summed E-state index contributed by atoms with van der Waals surface area (Å²) in [5.41, 5.74) is 1.31. The SMILES string of the molecule is C=C1CCCN1CCCCCCOC(C)=O.C=CC(=O)OCCCCCCN1CCCCCC1=O. The Hall–Kier alpha value is -2.31. The summed E-state index contributed by atoms with van der Waals surface area (Å²) in [5, 5.41) is 0. The molecule has 0 bridgehead atoms.